The summed E-state index contributed by atoms with van der Waals surface area (Å²) in [4.78, 5) is 25.7. The lowest BCUT2D eigenvalue weighted by molar-refractivity contribution is -0.111. The summed E-state index contributed by atoms with van der Waals surface area (Å²) in [5, 5.41) is 14.0. The van der Waals surface area contributed by atoms with E-state index in [4.69, 9.17) is 9.72 Å². The molecule has 4 rings (SSSR count). The van der Waals surface area contributed by atoms with E-state index in [0.717, 1.165) is 62.0 Å². The van der Waals surface area contributed by atoms with Crippen molar-refractivity contribution < 1.29 is 9.53 Å². The number of rotatable bonds is 13. The van der Waals surface area contributed by atoms with E-state index in [0.29, 0.717) is 31.4 Å². The summed E-state index contributed by atoms with van der Waals surface area (Å²) in [5.74, 6) is 0.964. The molecule has 1 aromatic carbocycles. The Labute approximate surface area is 223 Å². The summed E-state index contributed by atoms with van der Waals surface area (Å²) in [6, 6.07) is 7.68. The average molecular weight is 520 g/mol. The maximum Gasteiger partial charge on any atom is 0.247 e. The number of likely N-dealkylation sites (N-methyl/N-ethyl adjacent to an activating group) is 1. The molecule has 3 aromatic rings. The van der Waals surface area contributed by atoms with Crippen LogP contribution < -0.4 is 20.9 Å². The van der Waals surface area contributed by atoms with E-state index in [1.165, 1.54) is 6.08 Å². The molecule has 0 atom stereocenters. The molecule has 11 nitrogen and oxygen atoms in total. The summed E-state index contributed by atoms with van der Waals surface area (Å²) in [6.45, 7) is 15.0. The molecule has 0 radical (unpaired) electrons. The van der Waals surface area contributed by atoms with Crippen LogP contribution in [0.1, 0.15) is 19.4 Å². The first-order valence-electron chi connectivity index (χ1n) is 13.1. The second kappa shape index (κ2) is 13.5. The number of hydrogen-bond acceptors (Lipinski definition) is 9. The third-order valence-electron chi connectivity index (χ3n) is 6.39. The minimum atomic E-state index is -0.243. The van der Waals surface area contributed by atoms with E-state index >= 15 is 0 Å². The number of nitrogens with zero attached hydrogens (tertiary/aromatic N) is 6. The van der Waals surface area contributed by atoms with Gasteiger partial charge in [0.25, 0.3) is 0 Å². The predicted molar refractivity (Wildman–Crippen MR) is 151 cm³/mol. The zero-order chi connectivity index (χ0) is 26.7. The first-order valence-corrected chi connectivity index (χ1v) is 13.1. The Morgan fingerprint density at radius 3 is 2.76 bits per heavy atom. The van der Waals surface area contributed by atoms with Gasteiger partial charge in [-0.05, 0) is 36.9 Å². The Kier molecular flexibility index (Phi) is 9.65. The zero-order valence-corrected chi connectivity index (χ0v) is 22.2. The second-order valence-corrected chi connectivity index (χ2v) is 8.92. The molecule has 1 aliphatic rings. The highest BCUT2D eigenvalue weighted by Gasteiger charge is 2.18. The molecule has 0 bridgehead atoms. The van der Waals surface area contributed by atoms with Crippen LogP contribution in [-0.2, 0) is 22.6 Å². The summed E-state index contributed by atoms with van der Waals surface area (Å²) in [7, 11) is 0. The molecule has 3 N–H and O–H groups in total. The molecule has 0 saturated carbocycles. The molecule has 0 unspecified atom stereocenters. The lowest BCUT2D eigenvalue weighted by Gasteiger charge is -2.30. The van der Waals surface area contributed by atoms with Crippen LogP contribution in [0.25, 0.3) is 0 Å². The van der Waals surface area contributed by atoms with Crippen molar-refractivity contribution in [3.05, 3.63) is 61.1 Å². The fourth-order valence-electron chi connectivity index (χ4n) is 4.20. The van der Waals surface area contributed by atoms with Crippen LogP contribution in [0.4, 0.5) is 28.8 Å². The number of benzene rings is 1. The number of morpholine rings is 1. The number of anilines is 5. The van der Waals surface area contributed by atoms with Crippen molar-refractivity contribution in [1.82, 2.24) is 24.6 Å². The zero-order valence-electron chi connectivity index (χ0n) is 22.2. The highest BCUT2D eigenvalue weighted by atomic mass is 16.5. The largest absolute Gasteiger partial charge is 0.378 e. The highest BCUT2D eigenvalue weighted by molar-refractivity contribution is 5.98. The fourth-order valence-corrected chi connectivity index (χ4v) is 4.20. The van der Waals surface area contributed by atoms with Gasteiger partial charge in [-0.1, -0.05) is 32.6 Å². The molecule has 1 fully saturated rings. The van der Waals surface area contributed by atoms with E-state index in [1.807, 2.05) is 41.3 Å². The molecular formula is C27H37N9O2. The van der Waals surface area contributed by atoms with Gasteiger partial charge in [0.15, 0.2) is 5.82 Å². The van der Waals surface area contributed by atoms with Crippen LogP contribution >= 0.6 is 0 Å². The summed E-state index contributed by atoms with van der Waals surface area (Å²) < 4.78 is 7.46. The number of carbonyl (C=O) groups is 1. The van der Waals surface area contributed by atoms with Gasteiger partial charge in [-0.3, -0.25) is 9.48 Å². The second-order valence-electron chi connectivity index (χ2n) is 8.92. The summed E-state index contributed by atoms with van der Waals surface area (Å²) in [6.07, 6.45) is 6.86. The van der Waals surface area contributed by atoms with Gasteiger partial charge in [0, 0.05) is 38.1 Å². The van der Waals surface area contributed by atoms with Crippen molar-refractivity contribution >= 4 is 34.7 Å². The minimum Gasteiger partial charge on any atom is -0.378 e. The van der Waals surface area contributed by atoms with E-state index in [-0.39, 0.29) is 5.91 Å². The van der Waals surface area contributed by atoms with Crippen molar-refractivity contribution in [2.24, 2.45) is 0 Å². The molecule has 38 heavy (non-hydrogen) atoms. The molecule has 1 amide bonds. The predicted octanol–water partition coefficient (Wildman–Crippen LogP) is 3.33. The molecule has 202 valence electrons. The van der Waals surface area contributed by atoms with Crippen molar-refractivity contribution in [2.45, 2.75) is 26.9 Å². The Hall–Kier alpha value is -3.96. The normalized spacial score (nSPS) is 13.4. The Bertz CT molecular complexity index is 1200. The van der Waals surface area contributed by atoms with Gasteiger partial charge in [-0.2, -0.15) is 10.1 Å². The number of carbonyl (C=O) groups excluding carboxylic acids is 1. The number of amides is 1. The Morgan fingerprint density at radius 2 is 2.00 bits per heavy atom. The lowest BCUT2D eigenvalue weighted by atomic mass is 10.2. The van der Waals surface area contributed by atoms with Gasteiger partial charge < -0.3 is 30.5 Å². The van der Waals surface area contributed by atoms with Crippen LogP contribution in [0.5, 0.6) is 0 Å². The molecule has 0 spiro atoms. The topological polar surface area (TPSA) is 112 Å². The molecular weight excluding hydrogens is 482 g/mol. The van der Waals surface area contributed by atoms with Crippen molar-refractivity contribution in [3.8, 4) is 0 Å². The third kappa shape index (κ3) is 7.53. The van der Waals surface area contributed by atoms with Crippen LogP contribution in [0.2, 0.25) is 0 Å². The van der Waals surface area contributed by atoms with E-state index in [1.54, 1.807) is 6.20 Å². The van der Waals surface area contributed by atoms with Crippen LogP contribution in [0, 0.1) is 0 Å². The van der Waals surface area contributed by atoms with Crippen molar-refractivity contribution in [2.75, 3.05) is 66.8 Å². The third-order valence-corrected chi connectivity index (χ3v) is 6.39. The van der Waals surface area contributed by atoms with Gasteiger partial charge in [-0.25, -0.2) is 4.98 Å². The number of nitrogens with one attached hydrogen (secondary N) is 3. The molecule has 1 aliphatic heterocycles. The monoisotopic (exact) mass is 519 g/mol. The SMILES string of the molecule is C=CC(=O)Nc1cccc(CNc2nc(Nc3cnn(CCN(CC)CC)c3)ncc2N2CCOCC2)c1. The molecule has 3 heterocycles. The maximum atomic E-state index is 11.7. The smallest absolute Gasteiger partial charge is 0.247 e. The van der Waals surface area contributed by atoms with Crippen molar-refractivity contribution in [3.63, 3.8) is 0 Å². The number of hydrogen-bond donors (Lipinski definition) is 3. The first kappa shape index (κ1) is 27.1. The van der Waals surface area contributed by atoms with Gasteiger partial charge in [-0.15, -0.1) is 0 Å². The quantitative estimate of drug-likeness (QED) is 0.293. The maximum absolute atomic E-state index is 11.7. The standard InChI is InChI=1S/C27H37N9O2/c1-4-25(37)31-22-9-7-8-21(16-22)17-28-26-24(35-12-14-38-15-13-35)19-29-27(33-26)32-23-18-30-36(20-23)11-10-34(5-2)6-3/h4,7-9,16,18-20H,1,5-6,10-15,17H2,2-3H3,(H,31,37)(H2,28,29,32,33). The minimum absolute atomic E-state index is 0.243. The van der Waals surface area contributed by atoms with Gasteiger partial charge >= 0.3 is 0 Å². The Balaban J connectivity index is 1.48. The van der Waals surface area contributed by atoms with Crippen LogP contribution in [-0.4, -0.2) is 76.5 Å². The van der Waals surface area contributed by atoms with Gasteiger partial charge in [0.2, 0.25) is 11.9 Å². The summed E-state index contributed by atoms with van der Waals surface area (Å²) >= 11 is 0. The van der Waals surface area contributed by atoms with E-state index < -0.39 is 0 Å². The first-order chi connectivity index (χ1) is 18.6. The molecule has 2 aromatic heterocycles. The average Bonchev–Trinajstić information content (AvgIpc) is 3.40. The molecule has 11 heteroatoms. The Morgan fingerprint density at radius 1 is 1.18 bits per heavy atom. The van der Waals surface area contributed by atoms with Crippen LogP contribution in [0.15, 0.2) is 55.5 Å². The van der Waals surface area contributed by atoms with Gasteiger partial charge in [0.1, 0.15) is 0 Å². The highest BCUT2D eigenvalue weighted by Crippen LogP contribution is 2.27. The van der Waals surface area contributed by atoms with E-state index in [2.05, 4.69) is 56.3 Å². The lowest BCUT2D eigenvalue weighted by Crippen LogP contribution is -2.36. The number of aromatic nitrogens is 4. The number of ether oxygens (including phenoxy) is 1. The van der Waals surface area contributed by atoms with Crippen molar-refractivity contribution in [1.29, 1.82) is 0 Å². The van der Waals surface area contributed by atoms with E-state index in [9.17, 15) is 4.79 Å². The molecule has 1 saturated heterocycles. The summed E-state index contributed by atoms with van der Waals surface area (Å²) in [5.41, 5.74) is 3.47. The molecule has 0 aliphatic carbocycles. The van der Waals surface area contributed by atoms with Crippen LogP contribution in [0.3, 0.4) is 0 Å². The fraction of sp³-hybridized carbons (Fsp3) is 0.407. The van der Waals surface area contributed by atoms with Gasteiger partial charge in [0.05, 0.1) is 43.5 Å².